The summed E-state index contributed by atoms with van der Waals surface area (Å²) in [5, 5.41) is 11.9. The largest absolute Gasteiger partial charge is 0.479 e. The molecule has 0 aromatic heterocycles. The second-order valence-electron chi connectivity index (χ2n) is 5.90. The van der Waals surface area contributed by atoms with Gasteiger partial charge < -0.3 is 24.6 Å². The SMILES string of the molecule is C=CCCC(NC(=O)OC(C)(C)C)(C(=O)O)C1OC(C)O1. The van der Waals surface area contributed by atoms with Crippen molar-refractivity contribution in [2.75, 3.05) is 0 Å². The number of alkyl carbamates (subject to hydrolysis) is 1. The van der Waals surface area contributed by atoms with E-state index in [1.807, 2.05) is 0 Å². The molecule has 1 amide bonds. The molecule has 1 saturated heterocycles. The highest BCUT2D eigenvalue weighted by Crippen LogP contribution is 2.31. The zero-order valence-electron chi connectivity index (χ0n) is 12.8. The van der Waals surface area contributed by atoms with Crippen LogP contribution in [0.2, 0.25) is 0 Å². The third-order valence-corrected chi connectivity index (χ3v) is 2.88. The maximum atomic E-state index is 11.9. The van der Waals surface area contributed by atoms with Gasteiger partial charge in [-0.3, -0.25) is 0 Å². The first-order valence-electron chi connectivity index (χ1n) is 6.77. The predicted octanol–water partition coefficient (Wildman–Crippen LogP) is 2.02. The Hall–Kier alpha value is -1.60. The van der Waals surface area contributed by atoms with Crippen molar-refractivity contribution in [3.63, 3.8) is 0 Å². The normalized spacial score (nSPS) is 24.4. The van der Waals surface area contributed by atoms with Crippen LogP contribution in [0.3, 0.4) is 0 Å². The number of hydrogen-bond acceptors (Lipinski definition) is 5. The summed E-state index contributed by atoms with van der Waals surface area (Å²) in [7, 11) is 0. The smallest absolute Gasteiger partial charge is 0.408 e. The van der Waals surface area contributed by atoms with Crippen LogP contribution in [0, 0.1) is 0 Å². The van der Waals surface area contributed by atoms with E-state index in [2.05, 4.69) is 11.9 Å². The monoisotopic (exact) mass is 301 g/mol. The number of carboxylic acid groups (broad SMARTS) is 1. The van der Waals surface area contributed by atoms with Gasteiger partial charge in [0.2, 0.25) is 0 Å². The highest BCUT2D eigenvalue weighted by molar-refractivity contribution is 5.85. The fourth-order valence-electron chi connectivity index (χ4n) is 1.91. The van der Waals surface area contributed by atoms with Crippen LogP contribution >= 0.6 is 0 Å². The Labute approximate surface area is 124 Å². The van der Waals surface area contributed by atoms with Crippen LogP contribution in [0.5, 0.6) is 0 Å². The highest BCUT2D eigenvalue weighted by Gasteiger charge is 2.54. The van der Waals surface area contributed by atoms with E-state index in [4.69, 9.17) is 14.2 Å². The molecule has 0 saturated carbocycles. The van der Waals surface area contributed by atoms with Gasteiger partial charge in [-0.05, 0) is 40.5 Å². The van der Waals surface area contributed by atoms with Crippen molar-refractivity contribution in [3.8, 4) is 0 Å². The lowest BCUT2D eigenvalue weighted by Gasteiger charge is -2.44. The molecule has 0 aromatic carbocycles. The van der Waals surface area contributed by atoms with Crippen molar-refractivity contribution in [1.29, 1.82) is 0 Å². The van der Waals surface area contributed by atoms with Crippen LogP contribution < -0.4 is 5.32 Å². The minimum absolute atomic E-state index is 0.0858. The second-order valence-corrected chi connectivity index (χ2v) is 5.90. The van der Waals surface area contributed by atoms with Crippen LogP contribution in [0.25, 0.3) is 0 Å². The molecular weight excluding hydrogens is 278 g/mol. The molecule has 1 aliphatic rings. The van der Waals surface area contributed by atoms with Gasteiger partial charge in [0.05, 0.1) is 0 Å². The molecular formula is C14H23NO6. The van der Waals surface area contributed by atoms with E-state index in [-0.39, 0.29) is 6.42 Å². The van der Waals surface area contributed by atoms with E-state index < -0.39 is 35.8 Å². The zero-order chi connectivity index (χ0) is 16.3. The van der Waals surface area contributed by atoms with Gasteiger partial charge in [0.25, 0.3) is 0 Å². The van der Waals surface area contributed by atoms with Crippen LogP contribution in [-0.2, 0) is 19.0 Å². The molecule has 1 heterocycles. The molecule has 1 aliphatic heterocycles. The van der Waals surface area contributed by atoms with E-state index in [0.717, 1.165) is 0 Å². The number of ether oxygens (including phenoxy) is 3. The molecule has 0 aliphatic carbocycles. The molecule has 1 unspecified atom stereocenters. The Kier molecular flexibility index (Phi) is 5.36. The molecule has 0 aromatic rings. The Balaban J connectivity index is 2.91. The number of carboxylic acids is 1. The summed E-state index contributed by atoms with van der Waals surface area (Å²) in [5.41, 5.74) is -2.44. The highest BCUT2D eigenvalue weighted by atomic mass is 16.9. The molecule has 0 bridgehead atoms. The third kappa shape index (κ3) is 4.44. The van der Waals surface area contributed by atoms with Gasteiger partial charge in [-0.2, -0.15) is 0 Å². The number of carbonyl (C=O) groups is 2. The Bertz CT molecular complexity index is 410. The molecule has 120 valence electrons. The Morgan fingerprint density at radius 2 is 1.95 bits per heavy atom. The fourth-order valence-corrected chi connectivity index (χ4v) is 1.91. The maximum absolute atomic E-state index is 11.9. The first-order chi connectivity index (χ1) is 9.60. The van der Waals surface area contributed by atoms with Crippen LogP contribution in [0.4, 0.5) is 4.79 Å². The lowest BCUT2D eigenvalue weighted by atomic mass is 9.91. The van der Waals surface area contributed by atoms with Gasteiger partial charge in [-0.25, -0.2) is 9.59 Å². The Morgan fingerprint density at radius 1 is 1.38 bits per heavy atom. The number of nitrogens with one attached hydrogen (secondary N) is 1. The standard InChI is InChI=1S/C14H23NO6/c1-6-7-8-14(10(16)17,11-19-9(2)20-11)15-12(18)21-13(3,4)5/h6,9,11H,1,7-8H2,2-5H3,(H,15,18)(H,16,17). The molecule has 1 atom stereocenters. The Morgan fingerprint density at radius 3 is 2.33 bits per heavy atom. The van der Waals surface area contributed by atoms with Crippen molar-refractivity contribution in [1.82, 2.24) is 5.32 Å². The number of aliphatic carboxylic acids is 1. The van der Waals surface area contributed by atoms with Crippen molar-refractivity contribution >= 4 is 12.1 Å². The van der Waals surface area contributed by atoms with Gasteiger partial charge in [0, 0.05) is 0 Å². The minimum Gasteiger partial charge on any atom is -0.479 e. The zero-order valence-corrected chi connectivity index (χ0v) is 12.8. The van der Waals surface area contributed by atoms with E-state index in [1.54, 1.807) is 33.8 Å². The molecule has 1 fully saturated rings. The molecule has 2 N–H and O–H groups in total. The topological polar surface area (TPSA) is 94.1 Å². The van der Waals surface area contributed by atoms with Gasteiger partial charge in [0.15, 0.2) is 18.1 Å². The van der Waals surface area contributed by atoms with Gasteiger partial charge in [-0.1, -0.05) is 6.08 Å². The summed E-state index contributed by atoms with van der Waals surface area (Å²) >= 11 is 0. The van der Waals surface area contributed by atoms with E-state index in [0.29, 0.717) is 6.42 Å². The molecule has 7 heteroatoms. The quantitative estimate of drug-likeness (QED) is 0.729. The lowest BCUT2D eigenvalue weighted by molar-refractivity contribution is -0.394. The number of rotatable bonds is 6. The van der Waals surface area contributed by atoms with E-state index in [1.165, 1.54) is 0 Å². The van der Waals surface area contributed by atoms with Crippen LogP contribution in [-0.4, -0.2) is 40.9 Å². The molecule has 21 heavy (non-hydrogen) atoms. The van der Waals surface area contributed by atoms with Crippen molar-refractivity contribution in [2.45, 2.75) is 64.3 Å². The summed E-state index contributed by atoms with van der Waals surface area (Å²) in [4.78, 5) is 23.6. The van der Waals surface area contributed by atoms with Gasteiger partial charge >= 0.3 is 12.1 Å². The van der Waals surface area contributed by atoms with Crippen molar-refractivity contribution in [3.05, 3.63) is 12.7 Å². The fraction of sp³-hybridized carbons (Fsp3) is 0.714. The van der Waals surface area contributed by atoms with E-state index in [9.17, 15) is 14.7 Å². The summed E-state index contributed by atoms with van der Waals surface area (Å²) in [6, 6.07) is 0. The average Bonchev–Trinajstić information content (AvgIpc) is 2.28. The summed E-state index contributed by atoms with van der Waals surface area (Å²) < 4.78 is 15.7. The number of amides is 1. The molecule has 0 spiro atoms. The molecule has 0 radical (unpaired) electrons. The third-order valence-electron chi connectivity index (χ3n) is 2.88. The number of allylic oxidation sites excluding steroid dienone is 1. The van der Waals surface area contributed by atoms with Crippen molar-refractivity contribution in [2.24, 2.45) is 0 Å². The minimum atomic E-state index is -1.71. The molecule has 1 rings (SSSR count). The van der Waals surface area contributed by atoms with Gasteiger partial charge in [0.1, 0.15) is 5.60 Å². The van der Waals surface area contributed by atoms with E-state index >= 15 is 0 Å². The van der Waals surface area contributed by atoms with Crippen LogP contribution in [0.1, 0.15) is 40.5 Å². The predicted molar refractivity (Wildman–Crippen MR) is 74.6 cm³/mol. The average molecular weight is 301 g/mol. The number of hydrogen-bond donors (Lipinski definition) is 2. The summed E-state index contributed by atoms with van der Waals surface area (Å²) in [6.45, 7) is 10.3. The second kappa shape index (κ2) is 6.44. The summed E-state index contributed by atoms with van der Waals surface area (Å²) in [5.74, 6) is -1.24. The van der Waals surface area contributed by atoms with Gasteiger partial charge in [-0.15, -0.1) is 6.58 Å². The van der Waals surface area contributed by atoms with Crippen molar-refractivity contribution < 1.29 is 28.9 Å². The molecule has 7 nitrogen and oxygen atoms in total. The summed E-state index contributed by atoms with van der Waals surface area (Å²) in [6.07, 6.45) is -0.366. The first kappa shape index (κ1) is 17.5. The number of carbonyl (C=O) groups excluding carboxylic acids is 1. The lowest BCUT2D eigenvalue weighted by Crippen LogP contribution is -2.68. The maximum Gasteiger partial charge on any atom is 0.408 e. The van der Waals surface area contributed by atoms with Crippen LogP contribution in [0.15, 0.2) is 12.7 Å². The first-order valence-corrected chi connectivity index (χ1v) is 6.77.